The number of aliphatic hydroxyl groups is 1. The van der Waals surface area contributed by atoms with Crippen LogP contribution in [0.1, 0.15) is 53.4 Å². The molecule has 0 bridgehead atoms. The van der Waals surface area contributed by atoms with Gasteiger partial charge in [0.25, 0.3) is 0 Å². The lowest BCUT2D eigenvalue weighted by Crippen LogP contribution is -2.36. The Hall–Kier alpha value is -0.0400. The van der Waals surface area contributed by atoms with Gasteiger partial charge in [-0.05, 0) is 50.9 Å². The van der Waals surface area contributed by atoms with E-state index in [-0.39, 0.29) is 0 Å². The zero-order chi connectivity index (χ0) is 10.1. The van der Waals surface area contributed by atoms with Crippen molar-refractivity contribution in [1.29, 1.82) is 0 Å². The molecule has 1 nitrogen and oxygen atoms in total. The van der Waals surface area contributed by atoms with E-state index in [1.54, 1.807) is 0 Å². The summed E-state index contributed by atoms with van der Waals surface area (Å²) in [7, 11) is 0. The molecule has 1 rings (SSSR count). The van der Waals surface area contributed by atoms with Crippen molar-refractivity contribution in [1.82, 2.24) is 0 Å². The standard InChI is InChI=1S/C12H24O/c1-5-10-6-7-11(8-9(10)2)12(3,4)13/h9-11,13H,5-8H2,1-4H3. The van der Waals surface area contributed by atoms with Gasteiger partial charge >= 0.3 is 0 Å². The van der Waals surface area contributed by atoms with Crippen LogP contribution in [-0.2, 0) is 0 Å². The van der Waals surface area contributed by atoms with Gasteiger partial charge in [0.1, 0.15) is 0 Å². The first-order chi connectivity index (χ1) is 5.95. The molecule has 0 spiro atoms. The Morgan fingerprint density at radius 2 is 1.92 bits per heavy atom. The number of rotatable bonds is 2. The average Bonchev–Trinajstić information content (AvgIpc) is 2.02. The Morgan fingerprint density at radius 1 is 1.31 bits per heavy atom. The zero-order valence-corrected chi connectivity index (χ0v) is 9.51. The van der Waals surface area contributed by atoms with Gasteiger partial charge in [-0.25, -0.2) is 0 Å². The first-order valence-corrected chi connectivity index (χ1v) is 5.67. The minimum Gasteiger partial charge on any atom is -0.390 e. The van der Waals surface area contributed by atoms with E-state index in [4.69, 9.17) is 0 Å². The largest absolute Gasteiger partial charge is 0.390 e. The van der Waals surface area contributed by atoms with Gasteiger partial charge in [0.15, 0.2) is 0 Å². The molecule has 78 valence electrons. The first kappa shape index (κ1) is 11.0. The summed E-state index contributed by atoms with van der Waals surface area (Å²) in [5.74, 6) is 2.22. The molecule has 1 fully saturated rings. The molecule has 3 unspecified atom stereocenters. The normalized spacial score (nSPS) is 36.2. The predicted octanol–water partition coefficient (Wildman–Crippen LogP) is 3.22. The fraction of sp³-hybridized carbons (Fsp3) is 1.00. The summed E-state index contributed by atoms with van der Waals surface area (Å²) in [5.41, 5.74) is -0.465. The van der Waals surface area contributed by atoms with Gasteiger partial charge in [0.05, 0.1) is 5.60 Å². The van der Waals surface area contributed by atoms with Crippen molar-refractivity contribution < 1.29 is 5.11 Å². The minimum atomic E-state index is -0.465. The molecule has 1 aliphatic carbocycles. The molecule has 1 N–H and O–H groups in total. The van der Waals surface area contributed by atoms with Crippen LogP contribution in [0.3, 0.4) is 0 Å². The molecule has 3 atom stereocenters. The van der Waals surface area contributed by atoms with E-state index >= 15 is 0 Å². The summed E-state index contributed by atoms with van der Waals surface area (Å²) in [5, 5.41) is 9.92. The molecule has 1 heteroatoms. The number of hydrogen-bond donors (Lipinski definition) is 1. The van der Waals surface area contributed by atoms with E-state index in [0.29, 0.717) is 5.92 Å². The van der Waals surface area contributed by atoms with E-state index in [1.165, 1.54) is 25.7 Å². The van der Waals surface area contributed by atoms with Gasteiger partial charge in [0, 0.05) is 0 Å². The van der Waals surface area contributed by atoms with Crippen LogP contribution < -0.4 is 0 Å². The summed E-state index contributed by atoms with van der Waals surface area (Å²) < 4.78 is 0. The molecule has 0 aromatic carbocycles. The van der Waals surface area contributed by atoms with Crippen molar-refractivity contribution in [2.75, 3.05) is 0 Å². The van der Waals surface area contributed by atoms with Crippen molar-refractivity contribution in [3.8, 4) is 0 Å². The van der Waals surface area contributed by atoms with Gasteiger partial charge < -0.3 is 5.11 Å². The molecule has 13 heavy (non-hydrogen) atoms. The van der Waals surface area contributed by atoms with Crippen molar-refractivity contribution in [2.24, 2.45) is 17.8 Å². The van der Waals surface area contributed by atoms with E-state index in [2.05, 4.69) is 13.8 Å². The molecule has 0 amide bonds. The Balaban J connectivity index is 2.51. The van der Waals surface area contributed by atoms with Crippen LogP contribution in [0.15, 0.2) is 0 Å². The molecule has 0 saturated heterocycles. The van der Waals surface area contributed by atoms with Crippen molar-refractivity contribution >= 4 is 0 Å². The first-order valence-electron chi connectivity index (χ1n) is 5.67. The lowest BCUT2D eigenvalue weighted by molar-refractivity contribution is -0.0187. The van der Waals surface area contributed by atoms with Crippen LogP contribution in [0.2, 0.25) is 0 Å². The lowest BCUT2D eigenvalue weighted by atomic mass is 9.69. The second kappa shape index (κ2) is 4.00. The molecular weight excluding hydrogens is 160 g/mol. The molecule has 0 aromatic heterocycles. The maximum atomic E-state index is 9.92. The second-order valence-corrected chi connectivity index (χ2v) is 5.31. The molecule has 0 aliphatic heterocycles. The van der Waals surface area contributed by atoms with Gasteiger partial charge in [-0.15, -0.1) is 0 Å². The van der Waals surface area contributed by atoms with E-state index in [1.807, 2.05) is 13.8 Å². The minimum absolute atomic E-state index is 0.465. The highest BCUT2D eigenvalue weighted by Crippen LogP contribution is 2.39. The SMILES string of the molecule is CCC1CCC(C(C)(C)O)CC1C. The van der Waals surface area contributed by atoms with Crippen molar-refractivity contribution in [3.05, 3.63) is 0 Å². The quantitative estimate of drug-likeness (QED) is 0.698. The van der Waals surface area contributed by atoms with Gasteiger partial charge in [0.2, 0.25) is 0 Å². The summed E-state index contributed by atoms with van der Waals surface area (Å²) in [6.07, 6.45) is 5.04. The highest BCUT2D eigenvalue weighted by Gasteiger charge is 2.34. The van der Waals surface area contributed by atoms with Gasteiger partial charge in [-0.3, -0.25) is 0 Å². The number of hydrogen-bond acceptors (Lipinski definition) is 1. The Bertz CT molecular complexity index is 157. The highest BCUT2D eigenvalue weighted by molar-refractivity contribution is 4.85. The van der Waals surface area contributed by atoms with Gasteiger partial charge in [-0.2, -0.15) is 0 Å². The maximum Gasteiger partial charge on any atom is 0.0619 e. The summed E-state index contributed by atoms with van der Waals surface area (Å²) >= 11 is 0. The van der Waals surface area contributed by atoms with Crippen LogP contribution in [0, 0.1) is 17.8 Å². The van der Waals surface area contributed by atoms with E-state index in [0.717, 1.165) is 11.8 Å². The van der Waals surface area contributed by atoms with Crippen LogP contribution in [0.5, 0.6) is 0 Å². The molecule has 0 aromatic rings. The van der Waals surface area contributed by atoms with Crippen LogP contribution in [-0.4, -0.2) is 10.7 Å². The van der Waals surface area contributed by atoms with E-state index in [9.17, 15) is 5.11 Å². The van der Waals surface area contributed by atoms with Crippen molar-refractivity contribution in [3.63, 3.8) is 0 Å². The third kappa shape index (κ3) is 2.70. The Morgan fingerprint density at radius 3 is 2.31 bits per heavy atom. The Labute approximate surface area is 82.5 Å². The molecule has 0 radical (unpaired) electrons. The monoisotopic (exact) mass is 184 g/mol. The van der Waals surface area contributed by atoms with E-state index < -0.39 is 5.60 Å². The third-order valence-electron chi connectivity index (χ3n) is 3.87. The molecule has 1 aliphatic rings. The Kier molecular flexibility index (Phi) is 3.39. The van der Waals surface area contributed by atoms with Crippen molar-refractivity contribution in [2.45, 2.75) is 59.0 Å². The third-order valence-corrected chi connectivity index (χ3v) is 3.87. The summed E-state index contributed by atoms with van der Waals surface area (Å²) in [6.45, 7) is 8.53. The van der Waals surface area contributed by atoms with Gasteiger partial charge in [-0.1, -0.05) is 20.3 Å². The van der Waals surface area contributed by atoms with Crippen LogP contribution in [0.4, 0.5) is 0 Å². The fourth-order valence-corrected chi connectivity index (χ4v) is 2.71. The highest BCUT2D eigenvalue weighted by atomic mass is 16.3. The molecular formula is C12H24O. The second-order valence-electron chi connectivity index (χ2n) is 5.31. The summed E-state index contributed by atoms with van der Waals surface area (Å²) in [6, 6.07) is 0. The fourth-order valence-electron chi connectivity index (χ4n) is 2.71. The van der Waals surface area contributed by atoms with Crippen LogP contribution in [0.25, 0.3) is 0 Å². The molecule has 0 heterocycles. The topological polar surface area (TPSA) is 20.2 Å². The zero-order valence-electron chi connectivity index (χ0n) is 9.51. The average molecular weight is 184 g/mol. The smallest absolute Gasteiger partial charge is 0.0619 e. The molecule has 1 saturated carbocycles. The van der Waals surface area contributed by atoms with Crippen LogP contribution >= 0.6 is 0 Å². The predicted molar refractivity (Wildman–Crippen MR) is 56.6 cm³/mol. The summed E-state index contributed by atoms with van der Waals surface area (Å²) in [4.78, 5) is 0. The lowest BCUT2D eigenvalue weighted by Gasteiger charge is -2.39. The maximum absolute atomic E-state index is 9.92.